The fraction of sp³-hybridized carbons (Fsp3) is 0.192. The van der Waals surface area contributed by atoms with E-state index in [1.54, 1.807) is 53.6 Å². The monoisotopic (exact) mass is 508 g/mol. The number of rotatable bonds is 5. The summed E-state index contributed by atoms with van der Waals surface area (Å²) in [5.74, 6) is -0.746. The summed E-state index contributed by atoms with van der Waals surface area (Å²) < 4.78 is 21.5. The topological polar surface area (TPSA) is 96.6 Å². The number of pyridine rings is 1. The molecule has 0 unspecified atom stereocenters. The van der Waals surface area contributed by atoms with Gasteiger partial charge < -0.3 is 20.0 Å². The summed E-state index contributed by atoms with van der Waals surface area (Å²) in [5.41, 5.74) is 0.674. The molecule has 2 aromatic heterocycles. The first kappa shape index (κ1) is 23.6. The Bertz CT molecular complexity index is 1520. The molecule has 1 fully saturated rings. The van der Waals surface area contributed by atoms with Crippen LogP contribution in [0, 0.1) is 11.7 Å². The number of nitrogens with zero attached hydrogens (tertiary/aromatic N) is 2. The van der Waals surface area contributed by atoms with Crippen molar-refractivity contribution in [1.82, 2.24) is 14.8 Å². The number of hydrogen-bond acceptors (Lipinski definition) is 4. The molecule has 8 nitrogen and oxygen atoms in total. The van der Waals surface area contributed by atoms with E-state index in [4.69, 9.17) is 16.0 Å². The van der Waals surface area contributed by atoms with Crippen molar-refractivity contribution in [2.24, 2.45) is 5.92 Å². The van der Waals surface area contributed by atoms with E-state index in [0.717, 1.165) is 5.39 Å². The molecule has 0 aliphatic carbocycles. The van der Waals surface area contributed by atoms with Crippen LogP contribution >= 0.6 is 11.6 Å². The molecule has 2 aromatic carbocycles. The molecule has 3 heterocycles. The van der Waals surface area contributed by atoms with Crippen molar-refractivity contribution in [1.29, 1.82) is 0 Å². The van der Waals surface area contributed by atoms with Crippen LogP contribution in [0.3, 0.4) is 0 Å². The lowest BCUT2D eigenvalue weighted by molar-refractivity contribution is 0.0922. The quantitative estimate of drug-likeness (QED) is 0.410. The van der Waals surface area contributed by atoms with Gasteiger partial charge >= 0.3 is 6.03 Å². The van der Waals surface area contributed by atoms with Crippen LogP contribution in [0.2, 0.25) is 5.02 Å². The summed E-state index contributed by atoms with van der Waals surface area (Å²) >= 11 is 5.98. The van der Waals surface area contributed by atoms with Crippen molar-refractivity contribution in [3.63, 3.8) is 0 Å². The maximum atomic E-state index is 14.6. The normalized spacial score (nSPS) is 15.3. The van der Waals surface area contributed by atoms with Crippen LogP contribution in [0.5, 0.6) is 0 Å². The second kappa shape index (κ2) is 9.87. The predicted molar refractivity (Wildman–Crippen MR) is 134 cm³/mol. The fourth-order valence-corrected chi connectivity index (χ4v) is 4.40. The molecule has 1 saturated heterocycles. The molecule has 3 amide bonds. The SMILES string of the molecule is O=C(NC[C@H]1CCN(C(=O)Nc2ccc(-n3ccccc3=O)cc2F)C1)c1cc2cc(Cl)ccc2o1. The number of urea groups is 1. The highest BCUT2D eigenvalue weighted by Gasteiger charge is 2.27. The summed E-state index contributed by atoms with van der Waals surface area (Å²) in [4.78, 5) is 38.7. The minimum Gasteiger partial charge on any atom is -0.451 e. The van der Waals surface area contributed by atoms with Crippen LogP contribution in [-0.2, 0) is 0 Å². The first-order valence-electron chi connectivity index (χ1n) is 11.4. The minimum absolute atomic E-state index is 0.0227. The van der Waals surface area contributed by atoms with Crippen molar-refractivity contribution in [2.75, 3.05) is 25.0 Å². The Kier molecular flexibility index (Phi) is 6.47. The lowest BCUT2D eigenvalue weighted by Crippen LogP contribution is -2.35. The zero-order chi connectivity index (χ0) is 25.2. The summed E-state index contributed by atoms with van der Waals surface area (Å²) in [6.07, 6.45) is 2.24. The number of benzene rings is 2. The van der Waals surface area contributed by atoms with Gasteiger partial charge in [-0.15, -0.1) is 0 Å². The van der Waals surface area contributed by atoms with E-state index >= 15 is 0 Å². The molecule has 0 radical (unpaired) electrons. The number of likely N-dealkylation sites (tertiary alicyclic amines) is 1. The van der Waals surface area contributed by atoms with E-state index in [2.05, 4.69) is 10.6 Å². The number of fused-ring (bicyclic) bond motifs is 1. The fourth-order valence-electron chi connectivity index (χ4n) is 4.22. The highest BCUT2D eigenvalue weighted by molar-refractivity contribution is 6.31. The van der Waals surface area contributed by atoms with Crippen LogP contribution in [-0.4, -0.2) is 41.0 Å². The summed E-state index contributed by atoms with van der Waals surface area (Å²) in [6.45, 7) is 1.27. The number of amides is 3. The first-order chi connectivity index (χ1) is 17.4. The van der Waals surface area contributed by atoms with E-state index in [1.165, 1.54) is 22.8 Å². The Balaban J connectivity index is 1.15. The van der Waals surface area contributed by atoms with Gasteiger partial charge in [-0.05, 0) is 54.8 Å². The van der Waals surface area contributed by atoms with Gasteiger partial charge in [-0.1, -0.05) is 17.7 Å². The molecule has 1 aliphatic rings. The average Bonchev–Trinajstić information content (AvgIpc) is 3.51. The Morgan fingerprint density at radius 2 is 1.97 bits per heavy atom. The van der Waals surface area contributed by atoms with Gasteiger partial charge in [0.25, 0.3) is 11.5 Å². The van der Waals surface area contributed by atoms with Gasteiger partial charge in [0, 0.05) is 48.4 Å². The number of furan rings is 1. The number of carbonyl (C=O) groups excluding carboxylic acids is 2. The molecule has 0 spiro atoms. The van der Waals surface area contributed by atoms with Gasteiger partial charge in [-0.25, -0.2) is 9.18 Å². The third kappa shape index (κ3) is 4.96. The maximum absolute atomic E-state index is 14.6. The van der Waals surface area contributed by atoms with Crippen molar-refractivity contribution in [2.45, 2.75) is 6.42 Å². The predicted octanol–water partition coefficient (Wildman–Crippen LogP) is 4.66. The molecular weight excluding hydrogens is 487 g/mol. The molecule has 4 aromatic rings. The number of halogens is 2. The van der Waals surface area contributed by atoms with E-state index in [-0.39, 0.29) is 28.8 Å². The lowest BCUT2D eigenvalue weighted by Gasteiger charge is -2.18. The molecule has 0 bridgehead atoms. The number of nitrogens with one attached hydrogen (secondary N) is 2. The first-order valence-corrected chi connectivity index (χ1v) is 11.8. The van der Waals surface area contributed by atoms with Gasteiger partial charge in [-0.3, -0.25) is 14.2 Å². The van der Waals surface area contributed by atoms with Gasteiger partial charge in [0.05, 0.1) is 11.4 Å². The molecule has 2 N–H and O–H groups in total. The summed E-state index contributed by atoms with van der Waals surface area (Å²) in [6, 6.07) is 15.2. The molecular formula is C26H22ClFN4O4. The molecule has 184 valence electrons. The van der Waals surface area contributed by atoms with Crippen LogP contribution in [0.4, 0.5) is 14.9 Å². The van der Waals surface area contributed by atoms with Gasteiger partial charge in [0.15, 0.2) is 5.76 Å². The Hall–Kier alpha value is -4.11. The number of hydrogen-bond donors (Lipinski definition) is 2. The largest absolute Gasteiger partial charge is 0.451 e. The molecule has 0 saturated carbocycles. The van der Waals surface area contributed by atoms with Gasteiger partial charge in [0.1, 0.15) is 11.4 Å². The minimum atomic E-state index is -0.647. The molecule has 5 rings (SSSR count). The van der Waals surface area contributed by atoms with Crippen LogP contribution in [0.25, 0.3) is 16.7 Å². The third-order valence-corrected chi connectivity index (χ3v) is 6.36. The summed E-state index contributed by atoms with van der Waals surface area (Å²) in [5, 5.41) is 6.74. The summed E-state index contributed by atoms with van der Waals surface area (Å²) in [7, 11) is 0. The van der Waals surface area contributed by atoms with Crippen molar-refractivity contribution >= 4 is 40.2 Å². The second-order valence-electron chi connectivity index (χ2n) is 8.61. The standard InChI is InChI=1S/C26H22ClFN4O4/c27-18-4-7-22-17(11-18)12-23(36-22)25(34)29-14-16-8-10-31(15-16)26(35)30-21-6-5-19(13-20(21)28)32-9-2-1-3-24(32)33/h1-7,9,11-13,16H,8,10,14-15H2,(H,29,34)(H,30,35)/t16-/m1/s1. The van der Waals surface area contributed by atoms with E-state index in [1.807, 2.05) is 0 Å². The highest BCUT2D eigenvalue weighted by Crippen LogP contribution is 2.24. The molecule has 10 heteroatoms. The highest BCUT2D eigenvalue weighted by atomic mass is 35.5. The number of carbonyl (C=O) groups is 2. The maximum Gasteiger partial charge on any atom is 0.321 e. The lowest BCUT2D eigenvalue weighted by atomic mass is 10.1. The molecule has 1 aliphatic heterocycles. The molecule has 1 atom stereocenters. The Morgan fingerprint density at radius 1 is 1.11 bits per heavy atom. The van der Waals surface area contributed by atoms with E-state index in [0.29, 0.717) is 42.3 Å². The Morgan fingerprint density at radius 3 is 2.78 bits per heavy atom. The van der Waals surface area contributed by atoms with Crippen LogP contribution in [0.15, 0.2) is 76.1 Å². The van der Waals surface area contributed by atoms with Crippen molar-refractivity contribution in [3.8, 4) is 5.69 Å². The zero-order valence-corrected chi connectivity index (χ0v) is 19.8. The zero-order valence-electron chi connectivity index (χ0n) is 19.0. The average molecular weight is 509 g/mol. The number of anilines is 1. The third-order valence-electron chi connectivity index (χ3n) is 6.12. The van der Waals surface area contributed by atoms with Crippen LogP contribution in [0.1, 0.15) is 17.0 Å². The van der Waals surface area contributed by atoms with E-state index in [9.17, 15) is 18.8 Å². The smallest absolute Gasteiger partial charge is 0.321 e. The second-order valence-corrected chi connectivity index (χ2v) is 9.04. The molecule has 36 heavy (non-hydrogen) atoms. The number of aromatic nitrogens is 1. The van der Waals surface area contributed by atoms with Gasteiger partial charge in [-0.2, -0.15) is 0 Å². The van der Waals surface area contributed by atoms with Crippen molar-refractivity contribution in [3.05, 3.63) is 93.8 Å². The van der Waals surface area contributed by atoms with Gasteiger partial charge in [0.2, 0.25) is 0 Å². The van der Waals surface area contributed by atoms with Crippen LogP contribution < -0.4 is 16.2 Å². The van der Waals surface area contributed by atoms with Crippen molar-refractivity contribution < 1.29 is 18.4 Å². The van der Waals surface area contributed by atoms with E-state index < -0.39 is 11.8 Å². The Labute approximate surface area is 210 Å².